The van der Waals surface area contributed by atoms with Gasteiger partial charge in [0.1, 0.15) is 11.5 Å². The van der Waals surface area contributed by atoms with E-state index in [1.165, 1.54) is 6.07 Å². The normalized spacial score (nSPS) is 10.0. The smallest absolute Gasteiger partial charge is 0.349 e. The van der Waals surface area contributed by atoms with Gasteiger partial charge in [-0.3, -0.25) is 0 Å². The van der Waals surface area contributed by atoms with E-state index in [2.05, 4.69) is 15.9 Å². The highest BCUT2D eigenvalue weighted by molar-refractivity contribution is 9.10. The Morgan fingerprint density at radius 2 is 1.74 bits per heavy atom. The summed E-state index contributed by atoms with van der Waals surface area (Å²) < 4.78 is 22.2. The van der Waals surface area contributed by atoms with Gasteiger partial charge in [-0.05, 0) is 59.6 Å². The molecule has 0 aliphatic carbocycles. The lowest BCUT2D eigenvalue weighted by molar-refractivity contribution is -0.136. The summed E-state index contributed by atoms with van der Waals surface area (Å²) in [6.07, 6.45) is 0.929. The number of nitrogens with zero attached hydrogens (tertiary/aromatic N) is 1. The molecule has 0 bridgehead atoms. The van der Waals surface area contributed by atoms with E-state index in [0.717, 1.165) is 12.2 Å². The van der Waals surface area contributed by atoms with Crippen LogP contribution in [0.15, 0.2) is 40.9 Å². The lowest BCUT2D eigenvalue weighted by atomic mass is 10.2. The van der Waals surface area contributed by atoms with Gasteiger partial charge in [0.2, 0.25) is 0 Å². The monoisotopic (exact) mass is 433 g/mol. The number of ether oxygens (including phenoxy) is 4. The summed E-state index contributed by atoms with van der Waals surface area (Å²) in [7, 11) is 0. The maximum absolute atomic E-state index is 12.1. The number of benzene rings is 2. The summed E-state index contributed by atoms with van der Waals surface area (Å²) in [5.41, 5.74) is 0.395. The van der Waals surface area contributed by atoms with Gasteiger partial charge >= 0.3 is 5.97 Å². The molecule has 0 heterocycles. The van der Waals surface area contributed by atoms with Crippen molar-refractivity contribution in [2.45, 2.75) is 20.3 Å². The third kappa shape index (κ3) is 6.19. The molecule has 2 aromatic rings. The molecule has 0 amide bonds. The molecule has 0 saturated heterocycles. The van der Waals surface area contributed by atoms with Crippen molar-refractivity contribution < 1.29 is 23.7 Å². The van der Waals surface area contributed by atoms with Crippen LogP contribution in [0.4, 0.5) is 0 Å². The SMILES string of the molecule is CCCOc1ccc(OCC(=O)Oc2c(Br)cc(C#N)cc2OCC)cc1. The molecule has 0 N–H and O–H groups in total. The van der Waals surface area contributed by atoms with Crippen LogP contribution in [0.1, 0.15) is 25.8 Å². The summed E-state index contributed by atoms with van der Waals surface area (Å²) in [5, 5.41) is 9.04. The van der Waals surface area contributed by atoms with E-state index in [1.54, 1.807) is 37.3 Å². The van der Waals surface area contributed by atoms with E-state index >= 15 is 0 Å². The van der Waals surface area contributed by atoms with Crippen LogP contribution >= 0.6 is 15.9 Å². The highest BCUT2D eigenvalue weighted by atomic mass is 79.9. The van der Waals surface area contributed by atoms with Crippen molar-refractivity contribution in [2.24, 2.45) is 0 Å². The Hall–Kier alpha value is -2.72. The predicted octanol–water partition coefficient (Wildman–Crippen LogP) is 4.49. The van der Waals surface area contributed by atoms with E-state index in [9.17, 15) is 4.79 Å². The Bertz CT molecular complexity index is 814. The molecular formula is C20H20BrNO5. The zero-order valence-electron chi connectivity index (χ0n) is 15.2. The van der Waals surface area contributed by atoms with Gasteiger partial charge in [-0.2, -0.15) is 5.26 Å². The Labute approximate surface area is 166 Å². The van der Waals surface area contributed by atoms with Crippen LogP contribution in [0, 0.1) is 11.3 Å². The lowest BCUT2D eigenvalue weighted by Crippen LogP contribution is -2.18. The zero-order valence-corrected chi connectivity index (χ0v) is 16.7. The van der Waals surface area contributed by atoms with Crippen LogP contribution in [0.5, 0.6) is 23.0 Å². The van der Waals surface area contributed by atoms with Crippen molar-refractivity contribution >= 4 is 21.9 Å². The van der Waals surface area contributed by atoms with Gasteiger partial charge in [0, 0.05) is 6.07 Å². The second kappa shape index (κ2) is 10.4. The quantitative estimate of drug-likeness (QED) is 0.428. The van der Waals surface area contributed by atoms with Crippen molar-refractivity contribution in [2.75, 3.05) is 19.8 Å². The third-order valence-corrected chi connectivity index (χ3v) is 3.90. The van der Waals surface area contributed by atoms with Crippen LogP contribution in [0.2, 0.25) is 0 Å². The van der Waals surface area contributed by atoms with E-state index in [0.29, 0.717) is 34.7 Å². The molecule has 0 radical (unpaired) electrons. The zero-order chi connectivity index (χ0) is 19.6. The maximum Gasteiger partial charge on any atom is 0.349 e. The molecule has 0 aliphatic rings. The molecule has 27 heavy (non-hydrogen) atoms. The molecule has 0 unspecified atom stereocenters. The minimum Gasteiger partial charge on any atom is -0.494 e. The largest absolute Gasteiger partial charge is 0.494 e. The highest BCUT2D eigenvalue weighted by Gasteiger charge is 2.16. The van der Waals surface area contributed by atoms with Gasteiger partial charge in [-0.1, -0.05) is 6.92 Å². The average Bonchev–Trinajstić information content (AvgIpc) is 2.68. The second-order valence-corrected chi connectivity index (χ2v) is 6.27. The van der Waals surface area contributed by atoms with Crippen molar-refractivity contribution in [3.63, 3.8) is 0 Å². The molecule has 0 spiro atoms. The first-order valence-corrected chi connectivity index (χ1v) is 9.29. The van der Waals surface area contributed by atoms with Gasteiger partial charge in [0.25, 0.3) is 0 Å². The van der Waals surface area contributed by atoms with Crippen LogP contribution in [-0.2, 0) is 4.79 Å². The predicted molar refractivity (Wildman–Crippen MR) is 103 cm³/mol. The minimum atomic E-state index is -0.590. The molecule has 0 aliphatic heterocycles. The van der Waals surface area contributed by atoms with E-state index in [4.69, 9.17) is 24.2 Å². The number of halogens is 1. The first kappa shape index (κ1) is 20.6. The maximum atomic E-state index is 12.1. The molecule has 6 nitrogen and oxygen atoms in total. The highest BCUT2D eigenvalue weighted by Crippen LogP contribution is 2.37. The number of hydrogen-bond acceptors (Lipinski definition) is 6. The molecule has 0 atom stereocenters. The average molecular weight is 434 g/mol. The number of nitriles is 1. The molecule has 2 rings (SSSR count). The summed E-state index contributed by atoms with van der Waals surface area (Å²) in [6.45, 7) is 4.58. The number of carbonyl (C=O) groups excluding carboxylic acids is 1. The number of rotatable bonds is 9. The van der Waals surface area contributed by atoms with Crippen molar-refractivity contribution in [1.29, 1.82) is 5.26 Å². The Balaban J connectivity index is 1.98. The van der Waals surface area contributed by atoms with Crippen molar-refractivity contribution in [3.8, 4) is 29.1 Å². The summed E-state index contributed by atoms with van der Waals surface area (Å²) in [5.74, 6) is 1.21. The van der Waals surface area contributed by atoms with Crippen LogP contribution < -0.4 is 18.9 Å². The standard InChI is InChI=1S/C20H20BrNO5/c1-3-9-25-15-5-7-16(8-6-15)26-13-19(23)27-20-17(21)10-14(12-22)11-18(20)24-4-2/h5-8,10-11H,3-4,9,13H2,1-2H3. The number of hydrogen-bond donors (Lipinski definition) is 0. The van der Waals surface area contributed by atoms with Gasteiger partial charge in [0.05, 0.1) is 29.3 Å². The minimum absolute atomic E-state index is 0.216. The summed E-state index contributed by atoms with van der Waals surface area (Å²) in [4.78, 5) is 12.1. The van der Waals surface area contributed by atoms with E-state index in [1.807, 2.05) is 13.0 Å². The molecular weight excluding hydrogens is 414 g/mol. The molecule has 0 saturated carbocycles. The molecule has 0 aromatic heterocycles. The van der Waals surface area contributed by atoms with Crippen molar-refractivity contribution in [3.05, 3.63) is 46.4 Å². The first-order valence-electron chi connectivity index (χ1n) is 8.50. The molecule has 7 heteroatoms. The number of esters is 1. The molecule has 2 aromatic carbocycles. The fourth-order valence-electron chi connectivity index (χ4n) is 2.13. The Morgan fingerprint density at radius 1 is 1.07 bits per heavy atom. The molecule has 0 fully saturated rings. The lowest BCUT2D eigenvalue weighted by Gasteiger charge is -2.13. The molecule has 142 valence electrons. The van der Waals surface area contributed by atoms with Gasteiger partial charge in [-0.15, -0.1) is 0 Å². The van der Waals surface area contributed by atoms with Crippen LogP contribution in [0.25, 0.3) is 0 Å². The van der Waals surface area contributed by atoms with E-state index in [-0.39, 0.29) is 12.4 Å². The second-order valence-electron chi connectivity index (χ2n) is 5.41. The summed E-state index contributed by atoms with van der Waals surface area (Å²) >= 11 is 3.30. The van der Waals surface area contributed by atoms with E-state index < -0.39 is 5.97 Å². The Kier molecular flexibility index (Phi) is 7.96. The van der Waals surface area contributed by atoms with Crippen LogP contribution in [-0.4, -0.2) is 25.8 Å². The fourth-order valence-corrected chi connectivity index (χ4v) is 2.66. The summed E-state index contributed by atoms with van der Waals surface area (Å²) in [6, 6.07) is 12.1. The van der Waals surface area contributed by atoms with Gasteiger partial charge < -0.3 is 18.9 Å². The van der Waals surface area contributed by atoms with Gasteiger partial charge in [-0.25, -0.2) is 4.79 Å². The van der Waals surface area contributed by atoms with Gasteiger partial charge in [0.15, 0.2) is 18.1 Å². The third-order valence-electron chi connectivity index (χ3n) is 3.31. The topological polar surface area (TPSA) is 77.8 Å². The Morgan fingerprint density at radius 3 is 2.33 bits per heavy atom. The first-order chi connectivity index (χ1) is 13.1. The van der Waals surface area contributed by atoms with Crippen molar-refractivity contribution in [1.82, 2.24) is 0 Å². The number of carbonyl (C=O) groups is 1. The fraction of sp³-hybridized carbons (Fsp3) is 0.300. The van der Waals surface area contributed by atoms with Crippen LogP contribution in [0.3, 0.4) is 0 Å².